The van der Waals surface area contributed by atoms with E-state index in [1.165, 1.54) is 31.2 Å². The van der Waals surface area contributed by atoms with Gasteiger partial charge in [0.1, 0.15) is 11.5 Å². The smallest absolute Gasteiger partial charge is 0.508 e. The van der Waals surface area contributed by atoms with Crippen molar-refractivity contribution in [2.75, 3.05) is 4.90 Å². The number of hydrogen-bond donors (Lipinski definition) is 3. The summed E-state index contributed by atoms with van der Waals surface area (Å²) in [6.45, 7) is 1.46. The monoisotopic (exact) mass is 593 g/mol. The van der Waals surface area contributed by atoms with Crippen molar-refractivity contribution >= 4 is 41.6 Å². The van der Waals surface area contributed by atoms with Crippen molar-refractivity contribution in [3.63, 3.8) is 0 Å². The molecular weight excluding hydrogens is 570 g/mol. The Morgan fingerprint density at radius 2 is 1.74 bits per heavy atom. The van der Waals surface area contributed by atoms with Crippen molar-refractivity contribution in [1.29, 1.82) is 0 Å². The van der Waals surface area contributed by atoms with Gasteiger partial charge in [-0.05, 0) is 67.6 Å². The summed E-state index contributed by atoms with van der Waals surface area (Å²) < 4.78 is 43.3. The highest BCUT2D eigenvalue weighted by atomic mass is 19.4. The fourth-order valence-electron chi connectivity index (χ4n) is 6.78. The molecule has 2 aromatic carbocycles. The zero-order valence-corrected chi connectivity index (χ0v) is 22.5. The number of allylic oxidation sites excluding steroid dienone is 6. The Hall–Kier alpha value is -4.49. The third kappa shape index (κ3) is 4.68. The number of Topliss-reactive ketones (excluding diaryl/α,β-unsaturated/α-hetero) is 1. The summed E-state index contributed by atoms with van der Waals surface area (Å²) >= 11 is 0. The van der Waals surface area contributed by atoms with Gasteiger partial charge in [-0.25, -0.2) is 0 Å². The normalized spacial score (nSPS) is 25.2. The number of rotatable bonds is 4. The Kier molecular flexibility index (Phi) is 6.70. The van der Waals surface area contributed by atoms with E-state index in [1.807, 2.05) is 0 Å². The summed E-state index contributed by atoms with van der Waals surface area (Å²) in [5, 5.41) is 30.0. The van der Waals surface area contributed by atoms with Crippen LogP contribution in [0.3, 0.4) is 0 Å². The number of phenolic OH excluding ortho intramolecular Hbond substituents is 1. The summed E-state index contributed by atoms with van der Waals surface area (Å²) in [7, 11) is -1.84. The maximum absolute atomic E-state index is 14.0. The van der Waals surface area contributed by atoms with Crippen LogP contribution in [0.15, 0.2) is 76.9 Å². The molecule has 6 rings (SSSR count). The van der Waals surface area contributed by atoms with Crippen molar-refractivity contribution < 1.29 is 52.2 Å². The fourth-order valence-corrected chi connectivity index (χ4v) is 6.78. The molecule has 1 aliphatic heterocycles. The van der Waals surface area contributed by atoms with Crippen LogP contribution in [-0.2, 0) is 19.2 Å². The van der Waals surface area contributed by atoms with E-state index in [4.69, 9.17) is 0 Å². The number of aromatic hydroxyl groups is 1. The molecular formula is C30H23BF3NO8. The minimum atomic E-state index is -5.04. The molecule has 4 aliphatic rings. The van der Waals surface area contributed by atoms with Crippen molar-refractivity contribution in [2.45, 2.75) is 32.0 Å². The molecule has 2 aromatic rings. The number of imide groups is 1. The lowest BCUT2D eigenvalue weighted by molar-refractivity contribution is -0.274. The molecule has 3 aliphatic carbocycles. The summed E-state index contributed by atoms with van der Waals surface area (Å²) in [6.07, 6.45) is -2.26. The van der Waals surface area contributed by atoms with Crippen LogP contribution in [0.5, 0.6) is 11.5 Å². The van der Waals surface area contributed by atoms with Crippen molar-refractivity contribution in [3.05, 3.63) is 82.5 Å². The first-order valence-corrected chi connectivity index (χ1v) is 13.4. The van der Waals surface area contributed by atoms with Gasteiger partial charge < -0.3 is 19.9 Å². The molecule has 220 valence electrons. The molecule has 0 spiro atoms. The van der Waals surface area contributed by atoms with Crippen molar-refractivity contribution in [3.8, 4) is 11.5 Å². The Labute approximate surface area is 242 Å². The Bertz CT molecular complexity index is 1710. The van der Waals surface area contributed by atoms with Gasteiger partial charge in [0.15, 0.2) is 11.6 Å². The number of amides is 2. The van der Waals surface area contributed by atoms with E-state index >= 15 is 0 Å². The molecule has 4 atom stereocenters. The van der Waals surface area contributed by atoms with Crippen LogP contribution in [0.25, 0.3) is 0 Å². The number of hydrogen-bond acceptors (Lipinski definition) is 8. The van der Waals surface area contributed by atoms with Gasteiger partial charge in [-0.15, -0.1) is 13.2 Å². The first-order valence-electron chi connectivity index (χ1n) is 13.4. The Morgan fingerprint density at radius 1 is 1.00 bits per heavy atom. The number of phenols is 1. The standard InChI is InChI=1S/C30H23BF3NO8/c1-13-9-23(37)26-21(27(13)38)12-19-17(24(26)20-11-16(5-8-22(20)36)43-30(32,33)34)6-7-18-25(19)29(40)35(28(18)39)15-4-2-3-14(10-15)31(41)42/h2-6,8-11,18-19,24-25,36,41-42H,7,12H2,1H3/t18-,19+,24+,25-/m0/s1. The number of nitrogens with zero attached hydrogens (tertiary/aromatic N) is 1. The van der Waals surface area contributed by atoms with Gasteiger partial charge in [0, 0.05) is 28.2 Å². The molecule has 0 radical (unpaired) electrons. The van der Waals surface area contributed by atoms with E-state index in [0.717, 1.165) is 29.2 Å². The van der Waals surface area contributed by atoms with E-state index in [1.54, 1.807) is 6.08 Å². The largest absolute Gasteiger partial charge is 0.573 e. The van der Waals surface area contributed by atoms with E-state index in [2.05, 4.69) is 4.74 Å². The zero-order chi connectivity index (χ0) is 31.0. The quantitative estimate of drug-likeness (QED) is 0.213. The second kappa shape index (κ2) is 10.1. The number of fused-ring (bicyclic) bond motifs is 3. The van der Waals surface area contributed by atoms with E-state index in [-0.39, 0.29) is 46.3 Å². The average molecular weight is 593 g/mol. The van der Waals surface area contributed by atoms with Crippen LogP contribution >= 0.6 is 0 Å². The lowest BCUT2D eigenvalue weighted by atomic mass is 9.59. The number of halogens is 3. The second-order valence-corrected chi connectivity index (χ2v) is 11.0. The molecule has 1 saturated heterocycles. The molecule has 1 heterocycles. The molecule has 0 saturated carbocycles. The van der Waals surface area contributed by atoms with Crippen LogP contribution in [0.1, 0.15) is 31.2 Å². The summed E-state index contributed by atoms with van der Waals surface area (Å²) in [5.74, 6) is -7.06. The van der Waals surface area contributed by atoms with E-state index in [0.29, 0.717) is 5.57 Å². The van der Waals surface area contributed by atoms with Gasteiger partial charge in [-0.3, -0.25) is 24.1 Å². The predicted molar refractivity (Wildman–Crippen MR) is 145 cm³/mol. The third-order valence-electron chi connectivity index (χ3n) is 8.53. The number of ether oxygens (including phenoxy) is 1. The maximum atomic E-state index is 14.0. The lowest BCUT2D eigenvalue weighted by Gasteiger charge is -2.42. The first kappa shape index (κ1) is 28.6. The SMILES string of the molecule is CC1=CC(=O)C2=C(C[C@@H]3C(=CC[C@@H]4C(=O)N(c5cccc(B(O)O)c5)C(=O)[C@@H]43)[C@@H]2c2cc(OC(F)(F)F)ccc2O)C1=O. The highest BCUT2D eigenvalue weighted by molar-refractivity contribution is 6.58. The summed E-state index contributed by atoms with van der Waals surface area (Å²) in [6, 6.07) is 8.52. The Morgan fingerprint density at radius 3 is 2.44 bits per heavy atom. The lowest BCUT2D eigenvalue weighted by Crippen LogP contribution is -2.40. The molecule has 0 bridgehead atoms. The van der Waals surface area contributed by atoms with E-state index < -0.39 is 72.0 Å². The molecule has 13 heteroatoms. The first-order chi connectivity index (χ1) is 20.3. The van der Waals surface area contributed by atoms with E-state index in [9.17, 15) is 47.5 Å². The molecule has 9 nitrogen and oxygen atoms in total. The highest BCUT2D eigenvalue weighted by Gasteiger charge is 2.57. The maximum Gasteiger partial charge on any atom is 0.573 e. The number of anilines is 1. The van der Waals surface area contributed by atoms with Crippen LogP contribution in [0.4, 0.5) is 18.9 Å². The van der Waals surface area contributed by atoms with Crippen LogP contribution in [-0.4, -0.2) is 52.0 Å². The van der Waals surface area contributed by atoms with Crippen LogP contribution in [0.2, 0.25) is 0 Å². The fraction of sp³-hybridized carbons (Fsp3) is 0.267. The van der Waals surface area contributed by atoms with Gasteiger partial charge in [0.25, 0.3) is 0 Å². The van der Waals surface area contributed by atoms with Crippen molar-refractivity contribution in [2.24, 2.45) is 17.8 Å². The van der Waals surface area contributed by atoms with Gasteiger partial charge in [0.05, 0.1) is 17.5 Å². The number of carbonyl (C=O) groups excluding carboxylic acids is 4. The number of alkyl halides is 3. The zero-order valence-electron chi connectivity index (χ0n) is 22.5. The molecule has 0 unspecified atom stereocenters. The summed E-state index contributed by atoms with van der Waals surface area (Å²) in [5.41, 5.74) is 0.714. The molecule has 43 heavy (non-hydrogen) atoms. The van der Waals surface area contributed by atoms with Crippen LogP contribution < -0.4 is 15.1 Å². The van der Waals surface area contributed by atoms with Gasteiger partial charge in [0.2, 0.25) is 11.8 Å². The average Bonchev–Trinajstić information content (AvgIpc) is 3.20. The molecule has 3 N–H and O–H groups in total. The summed E-state index contributed by atoms with van der Waals surface area (Å²) in [4.78, 5) is 55.2. The van der Waals surface area contributed by atoms with Gasteiger partial charge in [-0.1, -0.05) is 23.8 Å². The predicted octanol–water partition coefficient (Wildman–Crippen LogP) is 2.60. The topological polar surface area (TPSA) is 141 Å². The van der Waals surface area contributed by atoms with Crippen molar-refractivity contribution in [1.82, 2.24) is 0 Å². The third-order valence-corrected chi connectivity index (χ3v) is 8.53. The molecule has 0 aromatic heterocycles. The van der Waals surface area contributed by atoms with Gasteiger partial charge in [-0.2, -0.15) is 0 Å². The van der Waals surface area contributed by atoms with Crippen LogP contribution in [0, 0.1) is 17.8 Å². The minimum Gasteiger partial charge on any atom is -0.508 e. The number of benzene rings is 2. The molecule has 2 amide bonds. The number of carbonyl (C=O) groups is 4. The number of ketones is 2. The minimum absolute atomic E-state index is 0.00530. The Balaban J connectivity index is 1.48. The highest BCUT2D eigenvalue weighted by Crippen LogP contribution is 2.56. The molecule has 1 fully saturated rings. The van der Waals surface area contributed by atoms with Gasteiger partial charge >= 0.3 is 13.5 Å². The second-order valence-electron chi connectivity index (χ2n) is 11.0.